The minimum Gasteiger partial charge on any atom is -0.441 e. The lowest BCUT2D eigenvalue weighted by molar-refractivity contribution is 0.531. The molecule has 3 rings (SSSR count). The lowest BCUT2D eigenvalue weighted by Crippen LogP contribution is -1.83. The Hall–Kier alpha value is -2.31. The predicted octanol–water partition coefficient (Wildman–Crippen LogP) is 3.86. The van der Waals surface area contributed by atoms with Gasteiger partial charge in [0.2, 0.25) is 0 Å². The summed E-state index contributed by atoms with van der Waals surface area (Å²) in [4.78, 5) is 8.32. The molecule has 3 nitrogen and oxygen atoms in total. The van der Waals surface area contributed by atoms with E-state index in [-0.39, 0.29) is 0 Å². The maximum atomic E-state index is 5.79. The third kappa shape index (κ3) is 2.98. The number of para-hydroxylation sites is 2. The summed E-state index contributed by atoms with van der Waals surface area (Å²) in [7, 11) is 0. The Kier molecular flexibility index (Phi) is 3.67. The van der Waals surface area contributed by atoms with E-state index in [1.807, 2.05) is 30.3 Å². The molecular formula is C16H11ClN2O. The normalized spacial score (nSPS) is 10.2. The molecule has 0 saturated heterocycles. The average molecular weight is 283 g/mol. The van der Waals surface area contributed by atoms with Crippen LogP contribution in [0.1, 0.15) is 17.9 Å². The van der Waals surface area contributed by atoms with Crippen molar-refractivity contribution >= 4 is 22.7 Å². The number of nitrogens with zero attached hydrogens (tertiary/aromatic N) is 2. The summed E-state index contributed by atoms with van der Waals surface area (Å²) in [6.45, 7) is 0. The van der Waals surface area contributed by atoms with Gasteiger partial charge in [0.05, 0.1) is 0 Å². The Morgan fingerprint density at radius 1 is 1.20 bits per heavy atom. The number of oxazole rings is 1. The van der Waals surface area contributed by atoms with Crippen molar-refractivity contribution in [1.29, 1.82) is 0 Å². The standard InChI is InChI=1S/C16H11ClN2O/c17-15-11-12(9-10-18-15)5-1-4-8-16-19-13-6-2-3-7-14(13)20-16/h2-3,6-7,9-11H,4,8H2. The molecule has 3 aromatic rings. The predicted molar refractivity (Wildman–Crippen MR) is 78.5 cm³/mol. The first-order chi connectivity index (χ1) is 9.81. The summed E-state index contributed by atoms with van der Waals surface area (Å²) in [6, 6.07) is 11.3. The summed E-state index contributed by atoms with van der Waals surface area (Å²) >= 11 is 5.79. The smallest absolute Gasteiger partial charge is 0.196 e. The second-order valence-electron chi connectivity index (χ2n) is 4.24. The van der Waals surface area contributed by atoms with E-state index in [0.29, 0.717) is 23.9 Å². The first-order valence-corrected chi connectivity index (χ1v) is 6.64. The van der Waals surface area contributed by atoms with Gasteiger partial charge in [-0.2, -0.15) is 0 Å². The van der Waals surface area contributed by atoms with Gasteiger partial charge in [-0.25, -0.2) is 9.97 Å². The van der Waals surface area contributed by atoms with Gasteiger partial charge in [0.25, 0.3) is 0 Å². The number of fused-ring (bicyclic) bond motifs is 1. The Morgan fingerprint density at radius 3 is 2.95 bits per heavy atom. The van der Waals surface area contributed by atoms with Gasteiger partial charge in [0.15, 0.2) is 11.5 Å². The number of aromatic nitrogens is 2. The molecule has 2 heterocycles. The molecule has 1 aromatic carbocycles. The van der Waals surface area contributed by atoms with Crippen LogP contribution in [0.5, 0.6) is 0 Å². The molecule has 0 aliphatic rings. The van der Waals surface area contributed by atoms with Gasteiger partial charge in [-0.05, 0) is 24.3 Å². The number of rotatable bonds is 2. The van der Waals surface area contributed by atoms with Crippen molar-refractivity contribution in [3.63, 3.8) is 0 Å². The third-order valence-electron chi connectivity index (χ3n) is 2.76. The van der Waals surface area contributed by atoms with Gasteiger partial charge in [-0.1, -0.05) is 35.6 Å². The number of pyridine rings is 1. The van der Waals surface area contributed by atoms with Crippen molar-refractivity contribution in [2.24, 2.45) is 0 Å². The van der Waals surface area contributed by atoms with E-state index in [0.717, 1.165) is 16.7 Å². The van der Waals surface area contributed by atoms with Crippen molar-refractivity contribution < 1.29 is 4.42 Å². The monoisotopic (exact) mass is 282 g/mol. The minimum absolute atomic E-state index is 0.454. The van der Waals surface area contributed by atoms with Gasteiger partial charge in [0, 0.05) is 24.6 Å². The summed E-state index contributed by atoms with van der Waals surface area (Å²) in [5.74, 6) is 6.85. The first-order valence-electron chi connectivity index (χ1n) is 6.26. The molecule has 0 aliphatic heterocycles. The number of hydrogen-bond acceptors (Lipinski definition) is 3. The fourth-order valence-electron chi connectivity index (χ4n) is 1.84. The Morgan fingerprint density at radius 2 is 2.10 bits per heavy atom. The molecule has 0 unspecified atom stereocenters. The Balaban J connectivity index is 1.65. The van der Waals surface area contributed by atoms with Crippen LogP contribution < -0.4 is 0 Å². The number of halogens is 1. The zero-order chi connectivity index (χ0) is 13.8. The molecule has 20 heavy (non-hydrogen) atoms. The van der Waals surface area contributed by atoms with Crippen molar-refractivity contribution in [3.8, 4) is 11.8 Å². The van der Waals surface area contributed by atoms with Crippen LogP contribution in [0, 0.1) is 11.8 Å². The Labute approximate surface area is 121 Å². The maximum absolute atomic E-state index is 5.79. The third-order valence-corrected chi connectivity index (χ3v) is 2.97. The summed E-state index contributed by atoms with van der Waals surface area (Å²) in [6.07, 6.45) is 3.03. The van der Waals surface area contributed by atoms with Crippen molar-refractivity contribution in [2.75, 3.05) is 0 Å². The van der Waals surface area contributed by atoms with Crippen LogP contribution in [0.2, 0.25) is 5.15 Å². The lowest BCUT2D eigenvalue weighted by atomic mass is 10.2. The van der Waals surface area contributed by atoms with Crippen LogP contribution in [0.15, 0.2) is 47.0 Å². The molecule has 0 spiro atoms. The lowest BCUT2D eigenvalue weighted by Gasteiger charge is -1.90. The van der Waals surface area contributed by atoms with Gasteiger partial charge in [-0.15, -0.1) is 0 Å². The fourth-order valence-corrected chi connectivity index (χ4v) is 2.01. The summed E-state index contributed by atoms with van der Waals surface area (Å²) in [5, 5.41) is 0.454. The van der Waals surface area contributed by atoms with Crippen LogP contribution in [-0.2, 0) is 6.42 Å². The molecule has 0 atom stereocenters. The molecule has 0 saturated carbocycles. The van der Waals surface area contributed by atoms with Gasteiger partial charge in [0.1, 0.15) is 10.7 Å². The van der Waals surface area contributed by atoms with Crippen molar-refractivity contribution in [1.82, 2.24) is 9.97 Å². The molecule has 0 amide bonds. The van der Waals surface area contributed by atoms with Crippen LogP contribution in [-0.4, -0.2) is 9.97 Å². The molecular weight excluding hydrogens is 272 g/mol. The van der Waals surface area contributed by atoms with E-state index < -0.39 is 0 Å². The molecule has 0 N–H and O–H groups in total. The molecule has 0 aliphatic carbocycles. The number of aryl methyl sites for hydroxylation is 1. The van der Waals surface area contributed by atoms with Gasteiger partial charge >= 0.3 is 0 Å². The summed E-state index contributed by atoms with van der Waals surface area (Å²) < 4.78 is 5.63. The van der Waals surface area contributed by atoms with Crippen LogP contribution >= 0.6 is 11.6 Å². The van der Waals surface area contributed by atoms with Crippen molar-refractivity contribution in [3.05, 3.63) is 59.2 Å². The molecule has 0 bridgehead atoms. The van der Waals surface area contributed by atoms with Gasteiger partial charge < -0.3 is 4.42 Å². The SMILES string of the molecule is Clc1cc(C#CCCc2nc3ccccc3o2)ccn1. The van der Waals surface area contributed by atoms with E-state index in [1.54, 1.807) is 12.3 Å². The van der Waals surface area contributed by atoms with Crippen LogP contribution in [0.25, 0.3) is 11.1 Å². The maximum Gasteiger partial charge on any atom is 0.196 e. The van der Waals surface area contributed by atoms with Crippen LogP contribution in [0.3, 0.4) is 0 Å². The average Bonchev–Trinajstić information content (AvgIpc) is 2.86. The first kappa shape index (κ1) is 12.7. The largest absolute Gasteiger partial charge is 0.441 e. The highest BCUT2D eigenvalue weighted by Crippen LogP contribution is 2.15. The van der Waals surface area contributed by atoms with E-state index in [2.05, 4.69) is 21.8 Å². The molecule has 0 fully saturated rings. The van der Waals surface area contributed by atoms with Crippen molar-refractivity contribution in [2.45, 2.75) is 12.8 Å². The number of hydrogen-bond donors (Lipinski definition) is 0. The summed E-state index contributed by atoms with van der Waals surface area (Å²) in [5.41, 5.74) is 2.57. The topological polar surface area (TPSA) is 38.9 Å². The fraction of sp³-hybridized carbons (Fsp3) is 0.125. The van der Waals surface area contributed by atoms with E-state index in [9.17, 15) is 0 Å². The zero-order valence-corrected chi connectivity index (χ0v) is 11.4. The quantitative estimate of drug-likeness (QED) is 0.529. The highest BCUT2D eigenvalue weighted by Gasteiger charge is 2.03. The van der Waals surface area contributed by atoms with E-state index in [4.69, 9.17) is 16.0 Å². The minimum atomic E-state index is 0.454. The second kappa shape index (κ2) is 5.77. The highest BCUT2D eigenvalue weighted by molar-refractivity contribution is 6.29. The highest BCUT2D eigenvalue weighted by atomic mass is 35.5. The Bertz CT molecular complexity index is 766. The molecule has 0 radical (unpaired) electrons. The van der Waals surface area contributed by atoms with Gasteiger partial charge in [-0.3, -0.25) is 0 Å². The van der Waals surface area contributed by atoms with E-state index >= 15 is 0 Å². The zero-order valence-electron chi connectivity index (χ0n) is 10.6. The molecule has 98 valence electrons. The molecule has 4 heteroatoms. The second-order valence-corrected chi connectivity index (χ2v) is 4.63. The number of benzene rings is 1. The molecule has 2 aromatic heterocycles. The van der Waals surface area contributed by atoms with Crippen LogP contribution in [0.4, 0.5) is 0 Å². The van der Waals surface area contributed by atoms with E-state index in [1.165, 1.54) is 0 Å².